The Bertz CT molecular complexity index is 276. The Morgan fingerprint density at radius 3 is 2.50 bits per heavy atom. The van der Waals surface area contributed by atoms with Crippen LogP contribution in [0.3, 0.4) is 0 Å². The summed E-state index contributed by atoms with van der Waals surface area (Å²) < 4.78 is 24.9. The smallest absolute Gasteiger partial charge is 0.263 e. The van der Waals surface area contributed by atoms with Gasteiger partial charge in [-0.25, -0.2) is 8.78 Å². The highest BCUT2D eigenvalue weighted by molar-refractivity contribution is 9.10. The summed E-state index contributed by atoms with van der Waals surface area (Å²) in [5.74, 6) is 0. The van der Waals surface area contributed by atoms with Crippen molar-refractivity contribution in [2.75, 3.05) is 0 Å². The highest BCUT2D eigenvalue weighted by Gasteiger charge is 2.08. The molecular weight excluding hydrogens is 230 g/mol. The average Bonchev–Trinajstić information content (AvgIpc) is 2.03. The molecule has 0 aliphatic rings. The van der Waals surface area contributed by atoms with Gasteiger partial charge in [-0.2, -0.15) is 0 Å². The molecule has 12 heavy (non-hydrogen) atoms. The monoisotopic (exact) mass is 236 g/mol. The molecule has 0 atom stereocenters. The molecule has 1 N–H and O–H groups in total. The minimum atomic E-state index is -2.49. The van der Waals surface area contributed by atoms with Crippen molar-refractivity contribution in [2.45, 2.75) is 13.0 Å². The summed E-state index contributed by atoms with van der Waals surface area (Å²) in [7, 11) is 0. The number of hydrogen-bond donors (Lipinski definition) is 1. The van der Waals surface area contributed by atoms with Crippen molar-refractivity contribution < 1.29 is 13.9 Å². The van der Waals surface area contributed by atoms with Crippen molar-refractivity contribution in [2.24, 2.45) is 0 Å². The lowest BCUT2D eigenvalue weighted by atomic mass is 10.1. The van der Waals surface area contributed by atoms with Gasteiger partial charge in [0.05, 0.1) is 6.61 Å². The molecule has 0 amide bonds. The van der Waals surface area contributed by atoms with E-state index in [1.807, 2.05) is 0 Å². The summed E-state index contributed by atoms with van der Waals surface area (Å²) in [5.41, 5.74) is 0.410. The van der Waals surface area contributed by atoms with Crippen LogP contribution in [0.25, 0.3) is 0 Å². The second-order valence-electron chi connectivity index (χ2n) is 2.35. The summed E-state index contributed by atoms with van der Waals surface area (Å²) >= 11 is 3.08. The first-order chi connectivity index (χ1) is 5.63. The fourth-order valence-electron chi connectivity index (χ4n) is 0.893. The van der Waals surface area contributed by atoms with Crippen molar-refractivity contribution in [1.29, 1.82) is 0 Å². The number of rotatable bonds is 2. The number of benzene rings is 1. The highest BCUT2D eigenvalue weighted by atomic mass is 79.9. The van der Waals surface area contributed by atoms with Crippen LogP contribution in [0.1, 0.15) is 17.6 Å². The van der Waals surface area contributed by atoms with Crippen LogP contribution in [0.15, 0.2) is 22.7 Å². The zero-order valence-corrected chi connectivity index (χ0v) is 7.68. The second-order valence-corrected chi connectivity index (χ2v) is 3.27. The molecule has 1 aromatic rings. The molecular formula is C8H7BrF2O. The molecule has 1 rings (SSSR count). The molecule has 0 heterocycles. The number of hydrogen-bond acceptors (Lipinski definition) is 1. The highest BCUT2D eigenvalue weighted by Crippen LogP contribution is 2.24. The van der Waals surface area contributed by atoms with Gasteiger partial charge >= 0.3 is 0 Å². The Morgan fingerprint density at radius 1 is 1.33 bits per heavy atom. The van der Waals surface area contributed by atoms with E-state index in [0.717, 1.165) is 0 Å². The van der Waals surface area contributed by atoms with Crippen molar-refractivity contribution in [3.63, 3.8) is 0 Å². The third-order valence-corrected chi connectivity index (χ3v) is 1.87. The molecule has 0 saturated heterocycles. The molecule has 0 aromatic heterocycles. The van der Waals surface area contributed by atoms with Gasteiger partial charge < -0.3 is 5.11 Å². The van der Waals surface area contributed by atoms with Gasteiger partial charge in [0.25, 0.3) is 6.43 Å². The van der Waals surface area contributed by atoms with Crippen molar-refractivity contribution in [1.82, 2.24) is 0 Å². The number of aliphatic hydroxyl groups excluding tert-OH is 1. The van der Waals surface area contributed by atoms with Crippen LogP contribution in [0.4, 0.5) is 8.78 Å². The van der Waals surface area contributed by atoms with E-state index < -0.39 is 6.43 Å². The lowest BCUT2D eigenvalue weighted by Gasteiger charge is -2.03. The number of halogens is 3. The van der Waals surface area contributed by atoms with E-state index in [1.165, 1.54) is 12.1 Å². The topological polar surface area (TPSA) is 20.2 Å². The molecule has 1 nitrogen and oxygen atoms in total. The number of aliphatic hydroxyl groups is 1. The fourth-order valence-corrected chi connectivity index (χ4v) is 1.45. The van der Waals surface area contributed by atoms with E-state index in [9.17, 15) is 8.78 Å². The Hall–Kier alpha value is -0.480. The van der Waals surface area contributed by atoms with Gasteiger partial charge in [0.1, 0.15) is 0 Å². The first-order valence-corrected chi connectivity index (χ1v) is 4.11. The van der Waals surface area contributed by atoms with E-state index in [0.29, 0.717) is 10.0 Å². The minimum absolute atomic E-state index is 0.0755. The molecule has 1 aromatic carbocycles. The summed E-state index contributed by atoms with van der Waals surface area (Å²) in [6.07, 6.45) is -2.49. The van der Waals surface area contributed by atoms with Gasteiger partial charge in [0, 0.05) is 10.0 Å². The van der Waals surface area contributed by atoms with Crippen LogP contribution in [-0.2, 0) is 6.61 Å². The molecule has 0 fully saturated rings. The van der Waals surface area contributed by atoms with E-state index in [2.05, 4.69) is 15.9 Å². The molecule has 4 heteroatoms. The Kier molecular flexibility index (Phi) is 3.17. The predicted octanol–water partition coefficient (Wildman–Crippen LogP) is 2.88. The third kappa shape index (κ3) is 2.25. The maximum Gasteiger partial charge on any atom is 0.263 e. The molecule has 0 saturated carbocycles. The molecule has 0 spiro atoms. The van der Waals surface area contributed by atoms with Crippen molar-refractivity contribution in [3.8, 4) is 0 Å². The van der Waals surface area contributed by atoms with Gasteiger partial charge in [-0.05, 0) is 23.8 Å². The first-order valence-electron chi connectivity index (χ1n) is 3.32. The molecule has 0 unspecified atom stereocenters. The van der Waals surface area contributed by atoms with Gasteiger partial charge in [-0.3, -0.25) is 0 Å². The zero-order chi connectivity index (χ0) is 9.14. The van der Waals surface area contributed by atoms with Crippen LogP contribution in [0.5, 0.6) is 0 Å². The lowest BCUT2D eigenvalue weighted by molar-refractivity contribution is 0.151. The van der Waals surface area contributed by atoms with Crippen molar-refractivity contribution >= 4 is 15.9 Å². The lowest BCUT2D eigenvalue weighted by Crippen LogP contribution is -1.89. The SMILES string of the molecule is OCc1cc(Br)cc(C(F)F)c1. The van der Waals surface area contributed by atoms with Crippen LogP contribution in [0, 0.1) is 0 Å². The van der Waals surface area contributed by atoms with Crippen LogP contribution in [0.2, 0.25) is 0 Å². The van der Waals surface area contributed by atoms with Gasteiger partial charge in [-0.15, -0.1) is 0 Å². The summed E-state index contributed by atoms with van der Waals surface area (Å²) in [5, 5.41) is 8.70. The van der Waals surface area contributed by atoms with E-state index in [-0.39, 0.29) is 12.2 Å². The molecule has 0 radical (unpaired) electrons. The summed E-state index contributed by atoms with van der Waals surface area (Å²) in [6, 6.07) is 4.23. The predicted molar refractivity (Wildman–Crippen MR) is 45.0 cm³/mol. The van der Waals surface area contributed by atoms with E-state index >= 15 is 0 Å². The normalized spacial score (nSPS) is 10.8. The largest absolute Gasteiger partial charge is 0.392 e. The Balaban J connectivity index is 3.06. The first kappa shape index (κ1) is 9.61. The zero-order valence-electron chi connectivity index (χ0n) is 6.10. The standard InChI is InChI=1S/C8H7BrF2O/c9-7-2-5(4-12)1-6(3-7)8(10)11/h1-3,8,12H,4H2. The summed E-state index contributed by atoms with van der Waals surface area (Å²) in [4.78, 5) is 0. The average molecular weight is 237 g/mol. The fraction of sp³-hybridized carbons (Fsp3) is 0.250. The Labute approximate surface area is 77.2 Å². The van der Waals surface area contributed by atoms with Crippen LogP contribution >= 0.6 is 15.9 Å². The minimum Gasteiger partial charge on any atom is -0.392 e. The van der Waals surface area contributed by atoms with Crippen LogP contribution in [-0.4, -0.2) is 5.11 Å². The quantitative estimate of drug-likeness (QED) is 0.838. The molecule has 0 bridgehead atoms. The maximum absolute atomic E-state index is 12.2. The molecule has 66 valence electrons. The Morgan fingerprint density at radius 2 is 2.00 bits per heavy atom. The number of alkyl halides is 2. The second kappa shape index (κ2) is 3.96. The van der Waals surface area contributed by atoms with Gasteiger partial charge in [0.15, 0.2) is 0 Å². The van der Waals surface area contributed by atoms with Gasteiger partial charge in [-0.1, -0.05) is 15.9 Å². The van der Waals surface area contributed by atoms with Crippen molar-refractivity contribution in [3.05, 3.63) is 33.8 Å². The van der Waals surface area contributed by atoms with E-state index in [1.54, 1.807) is 6.07 Å². The molecule has 0 aliphatic heterocycles. The maximum atomic E-state index is 12.2. The van der Waals surface area contributed by atoms with E-state index in [4.69, 9.17) is 5.11 Å². The summed E-state index contributed by atoms with van der Waals surface area (Å²) in [6.45, 7) is -0.223. The molecule has 0 aliphatic carbocycles. The van der Waals surface area contributed by atoms with Crippen LogP contribution < -0.4 is 0 Å². The van der Waals surface area contributed by atoms with Gasteiger partial charge in [0.2, 0.25) is 0 Å². The third-order valence-electron chi connectivity index (χ3n) is 1.41.